The van der Waals surface area contributed by atoms with Crippen LogP contribution < -0.4 is 0 Å². The Hall–Kier alpha value is -1.19. The minimum Gasteiger partial charge on any atom is -0.387 e. The van der Waals surface area contributed by atoms with Crippen LogP contribution in [0.5, 0.6) is 0 Å². The van der Waals surface area contributed by atoms with E-state index in [0.717, 1.165) is 19.3 Å². The molecule has 0 aliphatic heterocycles. The smallest absolute Gasteiger partial charge is 0.387 e. The van der Waals surface area contributed by atoms with Crippen LogP contribution in [0.15, 0.2) is 29.2 Å². The zero-order valence-corrected chi connectivity index (χ0v) is 12.2. The van der Waals surface area contributed by atoms with Crippen molar-refractivity contribution in [2.75, 3.05) is 0 Å². The highest BCUT2D eigenvalue weighted by atomic mass is 32.2. The highest BCUT2D eigenvalue weighted by Gasteiger charge is 2.40. The van der Waals surface area contributed by atoms with Gasteiger partial charge in [-0.15, -0.1) is 0 Å². The maximum Gasteiger partial charge on any atom is 0.446 e. The quantitative estimate of drug-likeness (QED) is 0.814. The molecule has 1 atom stereocenters. The van der Waals surface area contributed by atoms with Gasteiger partial charge < -0.3 is 5.11 Å². The van der Waals surface area contributed by atoms with Crippen LogP contribution in [-0.4, -0.2) is 10.6 Å². The minimum absolute atomic E-state index is 0.0769. The topological polar surface area (TPSA) is 44.0 Å². The summed E-state index contributed by atoms with van der Waals surface area (Å²) in [7, 11) is 0. The number of nitriles is 1. The molecule has 0 amide bonds. The number of benzene rings is 1. The number of aliphatic hydroxyl groups excluding tert-OH is 1. The monoisotopic (exact) mass is 315 g/mol. The van der Waals surface area contributed by atoms with Crippen LogP contribution in [0, 0.1) is 16.7 Å². The Kier molecular flexibility index (Phi) is 4.84. The molecular weight excluding hydrogens is 299 g/mol. The van der Waals surface area contributed by atoms with E-state index in [4.69, 9.17) is 0 Å². The normalized spacial score (nSPS) is 19.8. The molecule has 1 aromatic carbocycles. The number of halogens is 3. The number of aliphatic hydroxyl groups is 1. The second kappa shape index (κ2) is 6.29. The van der Waals surface area contributed by atoms with E-state index in [1.165, 1.54) is 24.3 Å². The molecule has 114 valence electrons. The Bertz CT molecular complexity index is 515. The molecule has 0 spiro atoms. The van der Waals surface area contributed by atoms with Crippen molar-refractivity contribution in [1.82, 2.24) is 0 Å². The summed E-state index contributed by atoms with van der Waals surface area (Å²) in [6.07, 6.45) is 3.15. The highest BCUT2D eigenvalue weighted by Crippen LogP contribution is 2.46. The number of rotatable bonds is 3. The minimum atomic E-state index is -4.32. The second-order valence-electron chi connectivity index (χ2n) is 5.35. The van der Waals surface area contributed by atoms with E-state index in [9.17, 15) is 23.5 Å². The van der Waals surface area contributed by atoms with Crippen molar-refractivity contribution in [3.63, 3.8) is 0 Å². The summed E-state index contributed by atoms with van der Waals surface area (Å²) in [6, 6.07) is 7.87. The predicted molar refractivity (Wildman–Crippen MR) is 74.4 cm³/mol. The average molecular weight is 315 g/mol. The lowest BCUT2D eigenvalue weighted by molar-refractivity contribution is -0.0328. The number of hydrogen-bond donors (Lipinski definition) is 1. The van der Waals surface area contributed by atoms with Gasteiger partial charge in [0.15, 0.2) is 0 Å². The lowest BCUT2D eigenvalue weighted by Crippen LogP contribution is -2.30. The van der Waals surface area contributed by atoms with Crippen molar-refractivity contribution in [1.29, 1.82) is 5.26 Å². The molecule has 1 aliphatic carbocycles. The first-order valence-electron chi connectivity index (χ1n) is 6.81. The maximum atomic E-state index is 12.3. The van der Waals surface area contributed by atoms with Crippen LogP contribution >= 0.6 is 11.8 Å². The molecule has 0 heterocycles. The number of thioether (sulfide) groups is 1. The fourth-order valence-electron chi connectivity index (χ4n) is 2.80. The van der Waals surface area contributed by atoms with E-state index in [-0.39, 0.29) is 16.7 Å². The van der Waals surface area contributed by atoms with E-state index in [1.807, 2.05) is 0 Å². The average Bonchev–Trinajstić information content (AvgIpc) is 2.46. The third kappa shape index (κ3) is 3.92. The van der Waals surface area contributed by atoms with Crippen molar-refractivity contribution in [2.45, 2.75) is 48.6 Å². The third-order valence-corrected chi connectivity index (χ3v) is 4.66. The molecule has 1 fully saturated rings. The SMILES string of the molecule is N#CC1(C(O)c2ccc(SC(F)(F)F)cc2)CCCCC1. The van der Waals surface area contributed by atoms with Gasteiger partial charge in [0.25, 0.3) is 0 Å². The Balaban J connectivity index is 2.16. The molecule has 0 aromatic heterocycles. The fraction of sp³-hybridized carbons (Fsp3) is 0.533. The van der Waals surface area contributed by atoms with Gasteiger partial charge in [-0.05, 0) is 42.3 Å². The summed E-state index contributed by atoms with van der Waals surface area (Å²) in [5, 5.41) is 19.9. The third-order valence-electron chi connectivity index (χ3n) is 3.92. The van der Waals surface area contributed by atoms with E-state index >= 15 is 0 Å². The fourth-order valence-corrected chi connectivity index (χ4v) is 3.34. The molecule has 2 nitrogen and oxygen atoms in total. The van der Waals surface area contributed by atoms with Crippen molar-refractivity contribution in [2.24, 2.45) is 5.41 Å². The van der Waals surface area contributed by atoms with Gasteiger partial charge in [0.2, 0.25) is 0 Å². The van der Waals surface area contributed by atoms with Crippen molar-refractivity contribution >= 4 is 11.8 Å². The molecule has 1 aliphatic rings. The standard InChI is InChI=1S/C15H16F3NOS/c16-15(17,18)21-12-6-4-11(5-7-12)13(20)14(10-19)8-2-1-3-9-14/h4-7,13,20H,1-3,8-9H2. The molecule has 0 radical (unpaired) electrons. The lowest BCUT2D eigenvalue weighted by Gasteiger charge is -2.35. The second-order valence-corrected chi connectivity index (χ2v) is 6.49. The van der Waals surface area contributed by atoms with Crippen LogP contribution in [0.4, 0.5) is 13.2 Å². The molecule has 0 bridgehead atoms. The molecular formula is C15H16F3NOS. The highest BCUT2D eigenvalue weighted by molar-refractivity contribution is 8.00. The Morgan fingerprint density at radius 1 is 1.14 bits per heavy atom. The summed E-state index contributed by atoms with van der Waals surface area (Å²) in [6.45, 7) is 0. The van der Waals surface area contributed by atoms with E-state index in [1.54, 1.807) is 0 Å². The van der Waals surface area contributed by atoms with E-state index < -0.39 is 17.0 Å². The van der Waals surface area contributed by atoms with Gasteiger partial charge in [0, 0.05) is 4.90 Å². The van der Waals surface area contributed by atoms with Crippen molar-refractivity contribution in [3.8, 4) is 6.07 Å². The summed E-state index contributed by atoms with van der Waals surface area (Å²) in [5.74, 6) is 0. The summed E-state index contributed by atoms with van der Waals surface area (Å²) >= 11 is -0.185. The summed E-state index contributed by atoms with van der Waals surface area (Å²) in [4.78, 5) is 0.0769. The molecule has 1 aromatic rings. The largest absolute Gasteiger partial charge is 0.446 e. The van der Waals surface area contributed by atoms with E-state index in [0.29, 0.717) is 18.4 Å². The molecule has 0 saturated heterocycles. The molecule has 21 heavy (non-hydrogen) atoms. The van der Waals surface area contributed by atoms with Crippen LogP contribution in [0.25, 0.3) is 0 Å². The Morgan fingerprint density at radius 3 is 2.19 bits per heavy atom. The molecule has 1 N–H and O–H groups in total. The number of alkyl halides is 3. The van der Waals surface area contributed by atoms with Crippen LogP contribution in [0.1, 0.15) is 43.8 Å². The lowest BCUT2D eigenvalue weighted by atomic mass is 9.69. The zero-order chi connectivity index (χ0) is 15.5. The predicted octanol–water partition coefficient (Wildman–Crippen LogP) is 4.81. The van der Waals surface area contributed by atoms with Gasteiger partial charge >= 0.3 is 5.51 Å². The van der Waals surface area contributed by atoms with Crippen molar-refractivity contribution < 1.29 is 18.3 Å². The maximum absolute atomic E-state index is 12.3. The van der Waals surface area contributed by atoms with Gasteiger partial charge in [0.05, 0.1) is 17.6 Å². The molecule has 1 unspecified atom stereocenters. The Morgan fingerprint density at radius 2 is 1.71 bits per heavy atom. The van der Waals surface area contributed by atoms with Gasteiger partial charge in [-0.25, -0.2) is 0 Å². The number of hydrogen-bond acceptors (Lipinski definition) is 3. The molecule has 2 rings (SSSR count). The zero-order valence-electron chi connectivity index (χ0n) is 11.4. The number of nitrogens with zero attached hydrogens (tertiary/aromatic N) is 1. The molecule has 1 saturated carbocycles. The molecule has 6 heteroatoms. The van der Waals surface area contributed by atoms with Gasteiger partial charge in [-0.2, -0.15) is 18.4 Å². The van der Waals surface area contributed by atoms with Gasteiger partial charge in [-0.3, -0.25) is 0 Å². The van der Waals surface area contributed by atoms with Crippen molar-refractivity contribution in [3.05, 3.63) is 29.8 Å². The summed E-state index contributed by atoms with van der Waals surface area (Å²) in [5.41, 5.74) is -4.63. The first-order valence-corrected chi connectivity index (χ1v) is 7.63. The van der Waals surface area contributed by atoms with Gasteiger partial charge in [0.1, 0.15) is 0 Å². The van der Waals surface area contributed by atoms with Crippen LogP contribution in [-0.2, 0) is 0 Å². The van der Waals surface area contributed by atoms with Crippen LogP contribution in [0.3, 0.4) is 0 Å². The van der Waals surface area contributed by atoms with Gasteiger partial charge in [-0.1, -0.05) is 31.4 Å². The Labute approximate surface area is 126 Å². The summed E-state index contributed by atoms with van der Waals surface area (Å²) < 4.78 is 36.8. The van der Waals surface area contributed by atoms with E-state index in [2.05, 4.69) is 6.07 Å². The first-order chi connectivity index (χ1) is 9.86. The van der Waals surface area contributed by atoms with Crippen LogP contribution in [0.2, 0.25) is 0 Å². The first kappa shape index (κ1) is 16.2.